The van der Waals surface area contributed by atoms with Crippen LogP contribution in [0.15, 0.2) is 12.2 Å². The van der Waals surface area contributed by atoms with Crippen LogP contribution in [0.5, 0.6) is 0 Å². The summed E-state index contributed by atoms with van der Waals surface area (Å²) in [4.78, 5) is 0. The van der Waals surface area contributed by atoms with Gasteiger partial charge in [-0.25, -0.2) is 0 Å². The van der Waals surface area contributed by atoms with Gasteiger partial charge in [-0.05, 0) is 6.92 Å². The monoisotopic (exact) mass is 230 g/mol. The fraction of sp³-hybridized carbons (Fsp3) is 0.833. The Morgan fingerprint density at radius 2 is 2.25 bits per heavy atom. The Hall–Kier alpha value is -0.420. The van der Waals surface area contributed by atoms with Gasteiger partial charge in [-0.2, -0.15) is 0 Å². The lowest BCUT2D eigenvalue weighted by Crippen LogP contribution is -2.44. The maximum absolute atomic E-state index is 9.17. The number of aliphatic hydroxyl groups is 1. The first-order chi connectivity index (χ1) is 7.72. The fourth-order valence-corrected chi connectivity index (χ4v) is 1.99. The van der Waals surface area contributed by atoms with Crippen LogP contribution in [0.4, 0.5) is 0 Å². The van der Waals surface area contributed by atoms with Crippen molar-refractivity contribution >= 4 is 0 Å². The molecular formula is C12H22O4. The molecule has 0 spiro atoms. The van der Waals surface area contributed by atoms with Gasteiger partial charge in [0.25, 0.3) is 0 Å². The second kappa shape index (κ2) is 7.01. The predicted octanol–water partition coefficient (Wildman–Crippen LogP) is 1.34. The van der Waals surface area contributed by atoms with E-state index in [4.69, 9.17) is 14.2 Å². The topological polar surface area (TPSA) is 47.9 Å². The van der Waals surface area contributed by atoms with Crippen LogP contribution in [0.1, 0.15) is 20.3 Å². The van der Waals surface area contributed by atoms with Crippen molar-refractivity contribution in [3.63, 3.8) is 0 Å². The van der Waals surface area contributed by atoms with E-state index >= 15 is 0 Å². The highest BCUT2D eigenvalue weighted by molar-refractivity contribution is 4.96. The summed E-state index contributed by atoms with van der Waals surface area (Å²) in [5.41, 5.74) is 0. The molecule has 0 aromatic carbocycles. The van der Waals surface area contributed by atoms with Gasteiger partial charge < -0.3 is 19.3 Å². The number of hydrogen-bond acceptors (Lipinski definition) is 4. The van der Waals surface area contributed by atoms with Crippen molar-refractivity contribution < 1.29 is 19.3 Å². The van der Waals surface area contributed by atoms with Crippen molar-refractivity contribution in [1.29, 1.82) is 0 Å². The van der Waals surface area contributed by atoms with Crippen LogP contribution in [0.25, 0.3) is 0 Å². The van der Waals surface area contributed by atoms with Crippen LogP contribution in [0.3, 0.4) is 0 Å². The van der Waals surface area contributed by atoms with Crippen molar-refractivity contribution in [3.05, 3.63) is 12.2 Å². The van der Waals surface area contributed by atoms with Gasteiger partial charge in [0, 0.05) is 19.4 Å². The standard InChI is InChI=1S/C12H22O4/c1-4-5-11-9(2)12(15-8-14-3)6-10(7-13)16-11/h4-5,9-13H,6-8H2,1-3H3/b5-4+/t9-,10-,11-,12-/m1/s1. The summed E-state index contributed by atoms with van der Waals surface area (Å²) >= 11 is 0. The first-order valence-electron chi connectivity index (χ1n) is 5.72. The fourth-order valence-electron chi connectivity index (χ4n) is 1.99. The Balaban J connectivity index is 2.60. The zero-order valence-corrected chi connectivity index (χ0v) is 10.3. The molecular weight excluding hydrogens is 208 g/mol. The van der Waals surface area contributed by atoms with Crippen molar-refractivity contribution in [1.82, 2.24) is 0 Å². The second-order valence-corrected chi connectivity index (χ2v) is 4.14. The molecule has 1 heterocycles. The molecule has 0 aromatic heterocycles. The number of rotatable bonds is 5. The van der Waals surface area contributed by atoms with Crippen LogP contribution in [0, 0.1) is 5.92 Å². The first-order valence-corrected chi connectivity index (χ1v) is 5.72. The van der Waals surface area contributed by atoms with Crippen molar-refractivity contribution in [2.75, 3.05) is 20.5 Å². The molecule has 0 bridgehead atoms. The summed E-state index contributed by atoms with van der Waals surface area (Å²) in [5.74, 6) is 0.272. The number of ether oxygens (including phenoxy) is 3. The minimum Gasteiger partial charge on any atom is -0.394 e. The molecule has 1 saturated heterocycles. The molecule has 1 rings (SSSR count). The summed E-state index contributed by atoms with van der Waals surface area (Å²) in [6, 6.07) is 0. The van der Waals surface area contributed by atoms with E-state index in [0.29, 0.717) is 0 Å². The van der Waals surface area contributed by atoms with Gasteiger partial charge >= 0.3 is 0 Å². The molecule has 1 aliphatic heterocycles. The predicted molar refractivity (Wildman–Crippen MR) is 61.1 cm³/mol. The zero-order chi connectivity index (χ0) is 12.0. The van der Waals surface area contributed by atoms with Crippen molar-refractivity contribution in [2.45, 2.75) is 38.6 Å². The number of hydrogen-bond donors (Lipinski definition) is 1. The molecule has 4 nitrogen and oxygen atoms in total. The molecule has 1 N–H and O–H groups in total. The Labute approximate surface area is 97.2 Å². The van der Waals surface area contributed by atoms with Crippen molar-refractivity contribution in [3.8, 4) is 0 Å². The minimum atomic E-state index is -0.140. The molecule has 0 amide bonds. The molecule has 0 unspecified atom stereocenters. The number of allylic oxidation sites excluding steroid dienone is 1. The molecule has 16 heavy (non-hydrogen) atoms. The molecule has 0 saturated carbocycles. The maximum atomic E-state index is 9.17. The van der Waals surface area contributed by atoms with E-state index in [1.165, 1.54) is 0 Å². The van der Waals surface area contributed by atoms with Crippen LogP contribution >= 0.6 is 0 Å². The van der Waals surface area contributed by atoms with Crippen LogP contribution in [-0.4, -0.2) is 43.9 Å². The second-order valence-electron chi connectivity index (χ2n) is 4.14. The molecule has 0 aliphatic carbocycles. The van der Waals surface area contributed by atoms with Crippen molar-refractivity contribution in [2.24, 2.45) is 5.92 Å². The highest BCUT2D eigenvalue weighted by Crippen LogP contribution is 2.28. The van der Waals surface area contributed by atoms with Gasteiger partial charge in [0.2, 0.25) is 0 Å². The maximum Gasteiger partial charge on any atom is 0.146 e. The summed E-state index contributed by atoms with van der Waals surface area (Å²) < 4.78 is 16.3. The van der Waals surface area contributed by atoms with Gasteiger partial charge in [-0.1, -0.05) is 19.1 Å². The Kier molecular flexibility index (Phi) is 5.98. The third-order valence-electron chi connectivity index (χ3n) is 2.94. The van der Waals surface area contributed by atoms with E-state index in [1.807, 2.05) is 19.1 Å². The lowest BCUT2D eigenvalue weighted by Gasteiger charge is -2.38. The van der Waals surface area contributed by atoms with Crippen LogP contribution in [-0.2, 0) is 14.2 Å². The molecule has 4 atom stereocenters. The molecule has 0 aromatic rings. The van der Waals surface area contributed by atoms with Gasteiger partial charge in [0.05, 0.1) is 24.9 Å². The van der Waals surface area contributed by atoms with E-state index in [2.05, 4.69) is 6.92 Å². The average molecular weight is 230 g/mol. The number of aliphatic hydroxyl groups excluding tert-OH is 1. The van der Waals surface area contributed by atoms with Gasteiger partial charge in [0.15, 0.2) is 0 Å². The Bertz CT molecular complexity index is 217. The molecule has 0 radical (unpaired) electrons. The summed E-state index contributed by atoms with van der Waals surface area (Å²) in [7, 11) is 1.61. The average Bonchev–Trinajstić information content (AvgIpc) is 2.30. The van der Waals surface area contributed by atoms with E-state index in [-0.39, 0.29) is 37.6 Å². The summed E-state index contributed by atoms with van der Waals surface area (Å²) in [5, 5.41) is 9.17. The van der Waals surface area contributed by atoms with Crippen LogP contribution < -0.4 is 0 Å². The van der Waals surface area contributed by atoms with Crippen LogP contribution in [0.2, 0.25) is 0 Å². The van der Waals surface area contributed by atoms with E-state index in [9.17, 15) is 5.11 Å². The van der Waals surface area contributed by atoms with E-state index < -0.39 is 0 Å². The van der Waals surface area contributed by atoms with E-state index in [0.717, 1.165) is 6.42 Å². The Morgan fingerprint density at radius 3 is 2.81 bits per heavy atom. The zero-order valence-electron chi connectivity index (χ0n) is 10.3. The highest BCUT2D eigenvalue weighted by atomic mass is 16.7. The SMILES string of the molecule is C/C=C/[C@H]1O[C@@H](CO)C[C@@H](OCOC)[C@@H]1C. The molecule has 1 aliphatic rings. The molecule has 1 fully saturated rings. The largest absolute Gasteiger partial charge is 0.394 e. The third-order valence-corrected chi connectivity index (χ3v) is 2.94. The number of methoxy groups -OCH3 is 1. The van der Waals surface area contributed by atoms with E-state index in [1.54, 1.807) is 7.11 Å². The quantitative estimate of drug-likeness (QED) is 0.572. The Morgan fingerprint density at radius 1 is 1.50 bits per heavy atom. The summed E-state index contributed by atoms with van der Waals surface area (Å²) in [6.07, 6.45) is 4.64. The van der Waals surface area contributed by atoms with Gasteiger partial charge in [-0.15, -0.1) is 0 Å². The normalized spacial score (nSPS) is 35.8. The molecule has 94 valence electrons. The van der Waals surface area contributed by atoms with Gasteiger partial charge in [0.1, 0.15) is 6.79 Å². The lowest BCUT2D eigenvalue weighted by molar-refractivity contribution is -0.171. The van der Waals surface area contributed by atoms with Gasteiger partial charge in [-0.3, -0.25) is 0 Å². The lowest BCUT2D eigenvalue weighted by atomic mass is 9.90. The third kappa shape index (κ3) is 3.56. The summed E-state index contributed by atoms with van der Waals surface area (Å²) in [6.45, 7) is 4.38. The minimum absolute atomic E-state index is 0.0118. The molecule has 4 heteroatoms. The first kappa shape index (κ1) is 13.6. The highest BCUT2D eigenvalue weighted by Gasteiger charge is 2.34. The smallest absolute Gasteiger partial charge is 0.146 e.